The first-order valence-corrected chi connectivity index (χ1v) is 11.0. The average Bonchev–Trinajstić information content (AvgIpc) is 2.55. The Morgan fingerprint density at radius 1 is 1.03 bits per heavy atom. The van der Waals surface area contributed by atoms with E-state index in [0.29, 0.717) is 13.0 Å². The van der Waals surface area contributed by atoms with Crippen LogP contribution in [-0.4, -0.2) is 41.8 Å². The van der Waals surface area contributed by atoms with Crippen LogP contribution >= 0.6 is 0 Å². The number of carbonyl (C=O) groups excluding carboxylic acids is 3. The average molecular weight is 409 g/mol. The fourth-order valence-electron chi connectivity index (χ4n) is 5.67. The summed E-state index contributed by atoms with van der Waals surface area (Å²) in [6.45, 7) is 7.32. The second-order valence-electron chi connectivity index (χ2n) is 10.4. The van der Waals surface area contributed by atoms with Crippen LogP contribution in [0, 0.1) is 17.8 Å². The van der Waals surface area contributed by atoms with Crippen molar-refractivity contribution in [3.63, 3.8) is 0 Å². The molecule has 0 aliphatic heterocycles. The molecule has 4 fully saturated rings. The largest absolute Gasteiger partial charge is 0.453 e. The number of carbonyl (C=O) groups is 3. The van der Waals surface area contributed by atoms with Gasteiger partial charge in [-0.15, -0.1) is 0 Å². The molecule has 2 amide bonds. The number of ether oxygens (including phenoxy) is 2. The van der Waals surface area contributed by atoms with Gasteiger partial charge in [-0.3, -0.25) is 9.59 Å². The summed E-state index contributed by atoms with van der Waals surface area (Å²) >= 11 is 0. The molecule has 4 aliphatic rings. The van der Waals surface area contributed by atoms with Gasteiger partial charge in [-0.2, -0.15) is 0 Å². The van der Waals surface area contributed by atoms with Crippen LogP contribution in [-0.2, 0) is 19.1 Å². The highest BCUT2D eigenvalue weighted by molar-refractivity contribution is 5.84. The minimum absolute atomic E-state index is 0.0795. The summed E-state index contributed by atoms with van der Waals surface area (Å²) < 4.78 is 10.5. The first kappa shape index (κ1) is 21.9. The van der Waals surface area contributed by atoms with Crippen LogP contribution in [0.25, 0.3) is 0 Å². The predicted octanol–water partition coefficient (Wildman–Crippen LogP) is 3.31. The van der Waals surface area contributed by atoms with E-state index >= 15 is 0 Å². The molecule has 0 spiro atoms. The third kappa shape index (κ3) is 6.09. The molecule has 0 radical (unpaired) electrons. The molecule has 0 heterocycles. The van der Waals surface area contributed by atoms with Gasteiger partial charge in [0.05, 0.1) is 0 Å². The molecule has 4 saturated carbocycles. The summed E-state index contributed by atoms with van der Waals surface area (Å²) in [6.07, 6.45) is 6.44. The molecule has 1 atom stereocenters. The molecule has 0 aromatic carbocycles. The highest BCUT2D eigenvalue weighted by Gasteiger charge is 2.51. The Balaban J connectivity index is 1.35. The summed E-state index contributed by atoms with van der Waals surface area (Å²) in [4.78, 5) is 36.3. The van der Waals surface area contributed by atoms with Gasteiger partial charge in [0.1, 0.15) is 5.60 Å². The molecular formula is C22H36N2O5. The van der Waals surface area contributed by atoms with E-state index in [1.165, 1.54) is 19.3 Å². The lowest BCUT2D eigenvalue weighted by Gasteiger charge is -2.57. The molecule has 0 unspecified atom stereocenters. The van der Waals surface area contributed by atoms with Crippen LogP contribution in [0.3, 0.4) is 0 Å². The Kier molecular flexibility index (Phi) is 6.44. The van der Waals surface area contributed by atoms with Crippen molar-refractivity contribution in [3.8, 4) is 0 Å². The second kappa shape index (κ2) is 8.52. The molecule has 0 saturated heterocycles. The Hall–Kier alpha value is -1.79. The Morgan fingerprint density at radius 3 is 2.10 bits per heavy atom. The number of hydrogen-bond donors (Lipinski definition) is 2. The van der Waals surface area contributed by atoms with Gasteiger partial charge < -0.3 is 20.1 Å². The van der Waals surface area contributed by atoms with Crippen molar-refractivity contribution >= 4 is 18.0 Å². The van der Waals surface area contributed by atoms with Crippen LogP contribution in [0.15, 0.2) is 0 Å². The Morgan fingerprint density at radius 2 is 1.59 bits per heavy atom. The van der Waals surface area contributed by atoms with Crippen LogP contribution in [0.1, 0.15) is 79.1 Å². The summed E-state index contributed by atoms with van der Waals surface area (Å²) in [5, 5.41) is 5.85. The summed E-state index contributed by atoms with van der Waals surface area (Å²) in [6, 6.07) is 0. The van der Waals surface area contributed by atoms with Crippen molar-refractivity contribution in [2.45, 2.75) is 96.3 Å². The number of hydrogen-bond acceptors (Lipinski definition) is 5. The van der Waals surface area contributed by atoms with Crippen LogP contribution in [0.4, 0.5) is 4.79 Å². The molecular weight excluding hydrogens is 372 g/mol. The first-order valence-electron chi connectivity index (χ1n) is 11.0. The van der Waals surface area contributed by atoms with E-state index in [1.54, 1.807) is 27.7 Å². The fourth-order valence-corrected chi connectivity index (χ4v) is 5.67. The fraction of sp³-hybridized carbons (Fsp3) is 0.864. The van der Waals surface area contributed by atoms with E-state index in [1.807, 2.05) is 0 Å². The highest BCUT2D eigenvalue weighted by atomic mass is 16.6. The zero-order valence-corrected chi connectivity index (χ0v) is 18.2. The van der Waals surface area contributed by atoms with E-state index in [4.69, 9.17) is 9.47 Å². The van der Waals surface area contributed by atoms with Crippen molar-refractivity contribution in [2.75, 3.05) is 6.54 Å². The molecule has 2 N–H and O–H groups in total. The third-order valence-electron chi connectivity index (χ3n) is 6.33. The van der Waals surface area contributed by atoms with E-state index in [-0.39, 0.29) is 17.9 Å². The maximum absolute atomic E-state index is 12.7. The van der Waals surface area contributed by atoms with Crippen molar-refractivity contribution in [3.05, 3.63) is 0 Å². The molecule has 0 aromatic rings. The monoisotopic (exact) mass is 408 g/mol. The highest BCUT2D eigenvalue weighted by Crippen LogP contribution is 2.55. The lowest BCUT2D eigenvalue weighted by atomic mass is 9.53. The lowest BCUT2D eigenvalue weighted by Crippen LogP contribution is -2.61. The van der Waals surface area contributed by atoms with Gasteiger partial charge in [-0.05, 0) is 90.4 Å². The molecule has 4 bridgehead atoms. The second-order valence-corrected chi connectivity index (χ2v) is 10.4. The van der Waals surface area contributed by atoms with E-state index in [2.05, 4.69) is 10.6 Å². The van der Waals surface area contributed by atoms with Gasteiger partial charge in [-0.1, -0.05) is 0 Å². The predicted molar refractivity (Wildman–Crippen MR) is 108 cm³/mol. The normalized spacial score (nSPS) is 31.1. The molecule has 7 heteroatoms. The van der Waals surface area contributed by atoms with Gasteiger partial charge >= 0.3 is 12.1 Å². The van der Waals surface area contributed by atoms with E-state index in [9.17, 15) is 14.4 Å². The number of nitrogens with one attached hydrogen (secondary N) is 2. The van der Waals surface area contributed by atoms with Crippen molar-refractivity contribution in [1.82, 2.24) is 10.6 Å². The van der Waals surface area contributed by atoms with Gasteiger partial charge in [0.25, 0.3) is 5.91 Å². The van der Waals surface area contributed by atoms with E-state index in [0.717, 1.165) is 37.0 Å². The molecule has 164 valence electrons. The maximum atomic E-state index is 12.7. The van der Waals surface area contributed by atoms with E-state index < -0.39 is 23.8 Å². The molecule has 7 nitrogen and oxygen atoms in total. The quantitative estimate of drug-likeness (QED) is 0.498. The number of alkyl carbamates (subject to hydrolysis) is 1. The first-order chi connectivity index (χ1) is 13.5. The Labute approximate surface area is 173 Å². The van der Waals surface area contributed by atoms with Gasteiger partial charge in [0.2, 0.25) is 0 Å². The minimum Gasteiger partial charge on any atom is -0.453 e. The zero-order chi connectivity index (χ0) is 21.2. The van der Waals surface area contributed by atoms with Crippen LogP contribution in [0.5, 0.6) is 0 Å². The summed E-state index contributed by atoms with van der Waals surface area (Å²) in [7, 11) is 0. The molecule has 29 heavy (non-hydrogen) atoms. The van der Waals surface area contributed by atoms with Gasteiger partial charge in [-0.25, -0.2) is 4.79 Å². The van der Waals surface area contributed by atoms with Crippen LogP contribution < -0.4 is 10.6 Å². The van der Waals surface area contributed by atoms with Crippen molar-refractivity contribution in [2.24, 2.45) is 17.8 Å². The van der Waals surface area contributed by atoms with Crippen molar-refractivity contribution < 1.29 is 23.9 Å². The third-order valence-corrected chi connectivity index (χ3v) is 6.33. The van der Waals surface area contributed by atoms with Gasteiger partial charge in [0.15, 0.2) is 6.10 Å². The molecule has 4 aliphatic carbocycles. The summed E-state index contributed by atoms with van der Waals surface area (Å²) in [5.74, 6) is 1.63. The van der Waals surface area contributed by atoms with Gasteiger partial charge in [0, 0.05) is 18.5 Å². The summed E-state index contributed by atoms with van der Waals surface area (Å²) in [5.41, 5.74) is -0.633. The number of amides is 2. The number of esters is 1. The molecule has 0 aromatic heterocycles. The van der Waals surface area contributed by atoms with Crippen LogP contribution in [0.2, 0.25) is 0 Å². The standard InChI is InChI=1S/C22H36N2O5/c1-14(28-18(25)6-5-7-23-20(27)29-21(2,3)4)19(26)24-22-11-15-8-16(12-22)10-17(9-15)13-22/h14-17H,5-13H2,1-4H3,(H,23,27)(H,24,26)/t14-,15?,16?,17?,22?/m0/s1. The molecule has 4 rings (SSSR count). The number of rotatable bonds is 7. The zero-order valence-electron chi connectivity index (χ0n) is 18.2. The lowest BCUT2D eigenvalue weighted by molar-refractivity contribution is -0.156. The topological polar surface area (TPSA) is 93.7 Å². The maximum Gasteiger partial charge on any atom is 0.407 e. The Bertz CT molecular complexity index is 604. The minimum atomic E-state index is -0.797. The smallest absolute Gasteiger partial charge is 0.407 e. The SMILES string of the molecule is C[C@H](OC(=O)CCCNC(=O)OC(C)(C)C)C(=O)NC12CC3CC(CC(C3)C1)C2. The van der Waals surface area contributed by atoms with Crippen molar-refractivity contribution in [1.29, 1.82) is 0 Å².